The van der Waals surface area contributed by atoms with Crippen LogP contribution in [0.25, 0.3) is 0 Å². The Morgan fingerprint density at radius 2 is 2.17 bits per heavy atom. The average Bonchev–Trinajstić information content (AvgIpc) is 2.53. The molecule has 0 aromatic rings. The van der Waals surface area contributed by atoms with Crippen LogP contribution in [-0.4, -0.2) is 23.4 Å². The SMILES string of the molecule is CC(C)N1CC2=CCC=C2C1=O. The largest absolute Gasteiger partial charge is 0.332 e. The number of carbonyl (C=O) groups excluding carboxylic acids is 1. The van der Waals surface area contributed by atoms with Crippen molar-refractivity contribution >= 4 is 5.91 Å². The molecule has 1 heterocycles. The summed E-state index contributed by atoms with van der Waals surface area (Å²) in [6, 6.07) is 0.324. The van der Waals surface area contributed by atoms with Crippen LogP contribution in [0.5, 0.6) is 0 Å². The lowest BCUT2D eigenvalue weighted by atomic mass is 10.2. The minimum atomic E-state index is 0.216. The van der Waals surface area contributed by atoms with Crippen LogP contribution in [0.1, 0.15) is 20.3 Å². The third-order valence-electron chi connectivity index (χ3n) is 2.49. The standard InChI is InChI=1S/C10H13NO/c1-7(2)11-6-8-4-3-5-9(8)10(11)12/h4-5,7H,3,6H2,1-2H3. The van der Waals surface area contributed by atoms with Crippen molar-refractivity contribution in [3.63, 3.8) is 0 Å². The summed E-state index contributed by atoms with van der Waals surface area (Å²) in [4.78, 5) is 13.6. The van der Waals surface area contributed by atoms with Crippen molar-refractivity contribution in [2.75, 3.05) is 6.54 Å². The third-order valence-corrected chi connectivity index (χ3v) is 2.49. The van der Waals surface area contributed by atoms with Crippen LogP contribution in [0, 0.1) is 0 Å². The molecule has 1 fully saturated rings. The third kappa shape index (κ3) is 0.909. The molecule has 1 aliphatic heterocycles. The second kappa shape index (κ2) is 2.47. The van der Waals surface area contributed by atoms with Crippen molar-refractivity contribution in [3.8, 4) is 0 Å². The summed E-state index contributed by atoms with van der Waals surface area (Å²) in [6.07, 6.45) is 5.12. The minimum Gasteiger partial charge on any atom is -0.332 e. The molecule has 0 atom stereocenters. The fourth-order valence-electron chi connectivity index (χ4n) is 1.76. The Bertz CT molecular complexity index is 286. The molecule has 1 saturated heterocycles. The maximum Gasteiger partial charge on any atom is 0.254 e. The summed E-state index contributed by atoms with van der Waals surface area (Å²) < 4.78 is 0. The fraction of sp³-hybridized carbons (Fsp3) is 0.500. The van der Waals surface area contributed by atoms with Crippen LogP contribution >= 0.6 is 0 Å². The summed E-state index contributed by atoms with van der Waals surface area (Å²) in [6.45, 7) is 4.93. The lowest BCUT2D eigenvalue weighted by molar-refractivity contribution is -0.126. The zero-order chi connectivity index (χ0) is 8.72. The van der Waals surface area contributed by atoms with Gasteiger partial charge in [0.15, 0.2) is 0 Å². The van der Waals surface area contributed by atoms with E-state index in [2.05, 4.69) is 19.9 Å². The summed E-state index contributed by atoms with van der Waals surface area (Å²) in [5.74, 6) is 0.216. The van der Waals surface area contributed by atoms with Crippen molar-refractivity contribution in [2.45, 2.75) is 26.3 Å². The molecule has 0 saturated carbocycles. The van der Waals surface area contributed by atoms with Crippen molar-refractivity contribution in [1.29, 1.82) is 0 Å². The van der Waals surface area contributed by atoms with Gasteiger partial charge in [-0.1, -0.05) is 12.2 Å². The summed E-state index contributed by atoms with van der Waals surface area (Å²) >= 11 is 0. The number of nitrogens with zero attached hydrogens (tertiary/aromatic N) is 1. The van der Waals surface area contributed by atoms with Crippen LogP contribution in [-0.2, 0) is 4.79 Å². The highest BCUT2D eigenvalue weighted by Gasteiger charge is 2.32. The summed E-state index contributed by atoms with van der Waals surface area (Å²) in [5, 5.41) is 0. The molecule has 0 radical (unpaired) electrons. The minimum absolute atomic E-state index is 0.216. The molecule has 1 aliphatic carbocycles. The van der Waals surface area contributed by atoms with Gasteiger partial charge in [0.05, 0.1) is 0 Å². The quantitative estimate of drug-likeness (QED) is 0.573. The van der Waals surface area contributed by atoms with E-state index in [1.807, 2.05) is 11.0 Å². The first kappa shape index (κ1) is 7.59. The van der Waals surface area contributed by atoms with Gasteiger partial charge in [-0.2, -0.15) is 0 Å². The molecule has 0 aromatic carbocycles. The van der Waals surface area contributed by atoms with E-state index in [0.717, 1.165) is 18.5 Å². The predicted octanol–water partition coefficient (Wildman–Crippen LogP) is 1.49. The molecule has 1 amide bonds. The molecule has 0 spiro atoms. The van der Waals surface area contributed by atoms with Gasteiger partial charge in [0.1, 0.15) is 0 Å². The summed E-state index contributed by atoms with van der Waals surface area (Å²) in [5.41, 5.74) is 2.18. The molecule has 0 unspecified atom stereocenters. The van der Waals surface area contributed by atoms with Crippen LogP contribution in [0.4, 0.5) is 0 Å². The Labute approximate surface area is 72.6 Å². The number of fused-ring (bicyclic) bond motifs is 1. The van der Waals surface area contributed by atoms with Gasteiger partial charge in [0.25, 0.3) is 5.91 Å². The lowest BCUT2D eigenvalue weighted by Crippen LogP contribution is -2.32. The molecule has 0 bridgehead atoms. The molecule has 0 N–H and O–H groups in total. The first-order valence-electron chi connectivity index (χ1n) is 4.40. The predicted molar refractivity (Wildman–Crippen MR) is 47.6 cm³/mol. The van der Waals surface area contributed by atoms with E-state index in [4.69, 9.17) is 0 Å². The molecular weight excluding hydrogens is 150 g/mol. The van der Waals surface area contributed by atoms with Crippen molar-refractivity contribution in [1.82, 2.24) is 4.90 Å². The second-order valence-electron chi connectivity index (χ2n) is 3.61. The van der Waals surface area contributed by atoms with E-state index >= 15 is 0 Å². The zero-order valence-electron chi connectivity index (χ0n) is 7.50. The topological polar surface area (TPSA) is 20.3 Å². The first-order valence-corrected chi connectivity index (χ1v) is 4.40. The number of hydrogen-bond donors (Lipinski definition) is 0. The Morgan fingerprint density at radius 1 is 1.42 bits per heavy atom. The van der Waals surface area contributed by atoms with Crippen LogP contribution < -0.4 is 0 Å². The van der Waals surface area contributed by atoms with Crippen molar-refractivity contribution in [3.05, 3.63) is 23.3 Å². The van der Waals surface area contributed by atoms with E-state index in [-0.39, 0.29) is 5.91 Å². The zero-order valence-corrected chi connectivity index (χ0v) is 7.50. The van der Waals surface area contributed by atoms with Gasteiger partial charge in [-0.3, -0.25) is 4.79 Å². The van der Waals surface area contributed by atoms with Gasteiger partial charge in [-0.05, 0) is 25.8 Å². The molecule has 2 aliphatic rings. The van der Waals surface area contributed by atoms with Crippen molar-refractivity contribution < 1.29 is 4.79 Å². The monoisotopic (exact) mass is 163 g/mol. The lowest BCUT2D eigenvalue weighted by Gasteiger charge is -2.19. The smallest absolute Gasteiger partial charge is 0.254 e. The van der Waals surface area contributed by atoms with E-state index in [1.165, 1.54) is 5.57 Å². The van der Waals surface area contributed by atoms with Crippen LogP contribution in [0.2, 0.25) is 0 Å². The average molecular weight is 163 g/mol. The Balaban J connectivity index is 2.28. The number of hydrogen-bond acceptors (Lipinski definition) is 1. The van der Waals surface area contributed by atoms with E-state index in [9.17, 15) is 4.79 Å². The molecule has 2 rings (SSSR count). The Kier molecular flexibility index (Phi) is 1.56. The van der Waals surface area contributed by atoms with Gasteiger partial charge >= 0.3 is 0 Å². The number of likely N-dealkylation sites (tertiary alicyclic amines) is 1. The molecule has 12 heavy (non-hydrogen) atoms. The Morgan fingerprint density at radius 3 is 2.75 bits per heavy atom. The Hall–Kier alpha value is -1.05. The first-order chi connectivity index (χ1) is 5.70. The maximum absolute atomic E-state index is 11.6. The number of carbonyl (C=O) groups is 1. The highest BCUT2D eigenvalue weighted by molar-refractivity contribution is 6.02. The maximum atomic E-state index is 11.6. The fourth-order valence-corrected chi connectivity index (χ4v) is 1.76. The summed E-state index contributed by atoms with van der Waals surface area (Å²) in [7, 11) is 0. The molecule has 64 valence electrons. The molecule has 2 nitrogen and oxygen atoms in total. The van der Waals surface area contributed by atoms with Gasteiger partial charge in [-0.15, -0.1) is 0 Å². The van der Waals surface area contributed by atoms with Crippen molar-refractivity contribution in [2.24, 2.45) is 0 Å². The van der Waals surface area contributed by atoms with Crippen LogP contribution in [0.15, 0.2) is 23.3 Å². The highest BCUT2D eigenvalue weighted by atomic mass is 16.2. The van der Waals surface area contributed by atoms with Gasteiger partial charge in [0, 0.05) is 18.2 Å². The van der Waals surface area contributed by atoms with Gasteiger partial charge < -0.3 is 4.90 Å². The second-order valence-corrected chi connectivity index (χ2v) is 3.61. The van der Waals surface area contributed by atoms with Gasteiger partial charge in [-0.25, -0.2) is 0 Å². The molecular formula is C10H13NO. The van der Waals surface area contributed by atoms with E-state index in [0.29, 0.717) is 6.04 Å². The molecule has 0 aromatic heterocycles. The molecule has 2 heteroatoms. The number of allylic oxidation sites excluding steroid dienone is 2. The number of rotatable bonds is 1. The van der Waals surface area contributed by atoms with E-state index in [1.54, 1.807) is 0 Å². The van der Waals surface area contributed by atoms with E-state index < -0.39 is 0 Å². The highest BCUT2D eigenvalue weighted by Crippen LogP contribution is 2.29. The number of amides is 1. The van der Waals surface area contributed by atoms with Crippen LogP contribution in [0.3, 0.4) is 0 Å². The normalized spacial score (nSPS) is 21.6. The van der Waals surface area contributed by atoms with Gasteiger partial charge in [0.2, 0.25) is 0 Å².